The third kappa shape index (κ3) is 3.36. The number of dihydropyridines is 1. The van der Waals surface area contributed by atoms with Crippen LogP contribution in [0.3, 0.4) is 0 Å². The van der Waals surface area contributed by atoms with Gasteiger partial charge >= 0.3 is 6.18 Å². The fourth-order valence-corrected chi connectivity index (χ4v) is 3.10. The van der Waals surface area contributed by atoms with Crippen molar-refractivity contribution in [2.24, 2.45) is 0 Å². The zero-order valence-corrected chi connectivity index (χ0v) is 13.8. The van der Waals surface area contributed by atoms with E-state index < -0.39 is 57.7 Å². The molecule has 0 spiro atoms. The summed E-state index contributed by atoms with van der Waals surface area (Å²) < 4.78 is 55.3. The third-order valence-electron chi connectivity index (χ3n) is 4.09. The summed E-state index contributed by atoms with van der Waals surface area (Å²) in [5, 5.41) is 34.5. The number of halogens is 4. The minimum absolute atomic E-state index is 0.225. The number of allylic oxidation sites excluding steroid dienone is 2. The number of nitrogens with zero attached hydrogens (tertiary/aromatic N) is 1. The van der Waals surface area contributed by atoms with Crippen LogP contribution in [0.25, 0.3) is 0 Å². The lowest BCUT2D eigenvalue weighted by molar-refractivity contribution is -0.300. The maximum absolute atomic E-state index is 14.5. The van der Waals surface area contributed by atoms with Gasteiger partial charge in [0.15, 0.2) is 0 Å². The SMILES string of the molecule is CC1=C(C(=O)[O-])C(c2c(F)ccc(C#N)c2C(F)(F)F)C(C(=O)[O-])=C(C)N1. The van der Waals surface area contributed by atoms with Crippen LogP contribution in [-0.2, 0) is 15.8 Å². The molecule has 0 aromatic heterocycles. The quantitative estimate of drug-likeness (QED) is 0.759. The lowest BCUT2D eigenvalue weighted by atomic mass is 9.77. The summed E-state index contributed by atoms with van der Waals surface area (Å²) in [4.78, 5) is 23.1. The number of alkyl halides is 3. The van der Waals surface area contributed by atoms with Gasteiger partial charge in [-0.3, -0.25) is 0 Å². The Morgan fingerprint density at radius 1 is 1.11 bits per heavy atom. The summed E-state index contributed by atoms with van der Waals surface area (Å²) in [6, 6.07) is 2.37. The standard InChI is InChI=1S/C17H12F4N2O4/c1-6-10(15(24)25)13(11(16(26)27)7(2)23-6)12-9(18)4-3-8(5-22)14(12)17(19,20)21/h3-4,13,23H,1-2H3,(H,24,25)(H,26,27)/p-2. The van der Waals surface area contributed by atoms with Crippen LogP contribution in [0, 0.1) is 17.1 Å². The smallest absolute Gasteiger partial charge is 0.418 e. The number of nitriles is 1. The molecule has 10 heteroatoms. The van der Waals surface area contributed by atoms with E-state index in [0.717, 1.165) is 13.8 Å². The van der Waals surface area contributed by atoms with Gasteiger partial charge < -0.3 is 25.1 Å². The summed E-state index contributed by atoms with van der Waals surface area (Å²) in [6.07, 6.45) is -5.26. The molecule has 0 fully saturated rings. The van der Waals surface area contributed by atoms with Crippen LogP contribution in [0.1, 0.15) is 36.5 Å². The predicted molar refractivity (Wildman–Crippen MR) is 77.4 cm³/mol. The van der Waals surface area contributed by atoms with E-state index in [-0.39, 0.29) is 11.4 Å². The minimum Gasteiger partial charge on any atom is -0.545 e. The monoisotopic (exact) mass is 382 g/mol. The maximum Gasteiger partial charge on any atom is 0.418 e. The van der Waals surface area contributed by atoms with E-state index in [9.17, 15) is 37.4 Å². The van der Waals surface area contributed by atoms with Crippen molar-refractivity contribution in [3.05, 3.63) is 57.2 Å². The van der Waals surface area contributed by atoms with Gasteiger partial charge in [0.1, 0.15) is 5.82 Å². The molecule has 142 valence electrons. The molecule has 0 aliphatic carbocycles. The fraction of sp³-hybridized carbons (Fsp3) is 0.235. The molecule has 0 amide bonds. The fourth-order valence-electron chi connectivity index (χ4n) is 3.10. The van der Waals surface area contributed by atoms with Gasteiger partial charge in [-0.2, -0.15) is 18.4 Å². The molecule has 0 bridgehead atoms. The second-order valence-corrected chi connectivity index (χ2v) is 5.70. The molecule has 1 aliphatic heterocycles. The van der Waals surface area contributed by atoms with Crippen LogP contribution in [0.15, 0.2) is 34.7 Å². The number of carbonyl (C=O) groups is 2. The molecule has 2 rings (SSSR count). The van der Waals surface area contributed by atoms with Gasteiger partial charge in [0.05, 0.1) is 29.1 Å². The van der Waals surface area contributed by atoms with Crippen LogP contribution in [0.2, 0.25) is 0 Å². The first-order valence-corrected chi connectivity index (χ1v) is 7.32. The molecule has 0 atom stereocenters. The van der Waals surface area contributed by atoms with Gasteiger partial charge in [0.2, 0.25) is 0 Å². The number of carboxylic acids is 2. The van der Waals surface area contributed by atoms with Crippen LogP contribution < -0.4 is 15.5 Å². The maximum atomic E-state index is 14.5. The number of aliphatic carboxylic acids is 2. The van der Waals surface area contributed by atoms with Crippen molar-refractivity contribution in [2.45, 2.75) is 25.9 Å². The summed E-state index contributed by atoms with van der Waals surface area (Å²) in [5.41, 5.74) is -6.29. The van der Waals surface area contributed by atoms with Crippen molar-refractivity contribution in [2.75, 3.05) is 0 Å². The van der Waals surface area contributed by atoms with Gasteiger partial charge in [0, 0.05) is 34.0 Å². The second-order valence-electron chi connectivity index (χ2n) is 5.70. The summed E-state index contributed by atoms with van der Waals surface area (Å²) >= 11 is 0. The first-order chi connectivity index (χ1) is 12.4. The summed E-state index contributed by atoms with van der Waals surface area (Å²) in [7, 11) is 0. The highest BCUT2D eigenvalue weighted by Crippen LogP contribution is 2.45. The Kier molecular flexibility index (Phi) is 4.99. The Morgan fingerprint density at radius 3 is 1.96 bits per heavy atom. The average molecular weight is 382 g/mol. The zero-order chi connectivity index (χ0) is 20.7. The van der Waals surface area contributed by atoms with Crippen molar-refractivity contribution in [1.29, 1.82) is 5.26 Å². The van der Waals surface area contributed by atoms with Gasteiger partial charge in [-0.25, -0.2) is 4.39 Å². The molecule has 0 saturated heterocycles. The first-order valence-electron chi connectivity index (χ1n) is 7.32. The number of hydrogen-bond acceptors (Lipinski definition) is 6. The zero-order valence-electron chi connectivity index (χ0n) is 13.8. The second kappa shape index (κ2) is 6.75. The number of benzene rings is 1. The highest BCUT2D eigenvalue weighted by molar-refractivity contribution is 5.97. The topological polar surface area (TPSA) is 116 Å². The van der Waals surface area contributed by atoms with Crippen LogP contribution >= 0.6 is 0 Å². The third-order valence-corrected chi connectivity index (χ3v) is 4.09. The Hall–Kier alpha value is -3.35. The molecule has 1 aliphatic rings. The predicted octanol–water partition coefficient (Wildman–Crippen LogP) is 0.451. The summed E-state index contributed by atoms with van der Waals surface area (Å²) in [6.45, 7) is 2.32. The van der Waals surface area contributed by atoms with Gasteiger partial charge in [0.25, 0.3) is 0 Å². The van der Waals surface area contributed by atoms with Crippen molar-refractivity contribution in [1.82, 2.24) is 5.32 Å². The van der Waals surface area contributed by atoms with Crippen molar-refractivity contribution >= 4 is 11.9 Å². The largest absolute Gasteiger partial charge is 0.545 e. The minimum atomic E-state index is -5.26. The molecule has 1 heterocycles. The highest BCUT2D eigenvalue weighted by atomic mass is 19.4. The number of nitrogens with one attached hydrogen (secondary N) is 1. The van der Waals surface area contributed by atoms with Gasteiger partial charge in [-0.05, 0) is 26.0 Å². The van der Waals surface area contributed by atoms with Crippen molar-refractivity contribution in [3.63, 3.8) is 0 Å². The molecule has 1 N–H and O–H groups in total. The summed E-state index contributed by atoms with van der Waals surface area (Å²) in [5.74, 6) is -7.70. The van der Waals surface area contributed by atoms with E-state index in [1.54, 1.807) is 0 Å². The Morgan fingerprint density at radius 2 is 1.59 bits per heavy atom. The number of carboxylic acid groups (broad SMARTS) is 2. The van der Waals surface area contributed by atoms with Crippen molar-refractivity contribution < 1.29 is 37.4 Å². The van der Waals surface area contributed by atoms with Gasteiger partial charge in [-0.15, -0.1) is 0 Å². The van der Waals surface area contributed by atoms with Crippen molar-refractivity contribution in [3.8, 4) is 6.07 Å². The molecule has 6 nitrogen and oxygen atoms in total. The molecule has 0 radical (unpaired) electrons. The van der Waals surface area contributed by atoms with Crippen LogP contribution in [0.4, 0.5) is 17.6 Å². The lowest BCUT2D eigenvalue weighted by Crippen LogP contribution is -2.41. The Labute approximate surface area is 150 Å². The first kappa shape index (κ1) is 20.0. The Bertz CT molecular complexity index is 919. The van der Waals surface area contributed by atoms with E-state index in [4.69, 9.17) is 5.26 Å². The molecule has 1 aromatic carbocycles. The average Bonchev–Trinajstić information content (AvgIpc) is 2.51. The number of hydrogen-bond donors (Lipinski definition) is 1. The molecule has 27 heavy (non-hydrogen) atoms. The number of carbonyl (C=O) groups excluding carboxylic acids is 2. The van der Waals surface area contributed by atoms with Crippen LogP contribution in [-0.4, -0.2) is 11.9 Å². The van der Waals surface area contributed by atoms with E-state index in [2.05, 4.69) is 5.32 Å². The van der Waals surface area contributed by atoms with E-state index in [1.807, 2.05) is 0 Å². The van der Waals surface area contributed by atoms with E-state index in [1.165, 1.54) is 6.07 Å². The lowest BCUT2D eigenvalue weighted by Gasteiger charge is -2.35. The number of rotatable bonds is 3. The molecular weight excluding hydrogens is 372 g/mol. The Balaban J connectivity index is 3.03. The molecular formula is C17H10F4N2O4-2. The van der Waals surface area contributed by atoms with Crippen LogP contribution in [0.5, 0.6) is 0 Å². The molecule has 0 unspecified atom stereocenters. The normalized spacial score (nSPS) is 15.4. The van der Waals surface area contributed by atoms with Gasteiger partial charge in [-0.1, -0.05) is 0 Å². The molecule has 1 aromatic rings. The highest BCUT2D eigenvalue weighted by Gasteiger charge is 2.43. The van der Waals surface area contributed by atoms with E-state index in [0.29, 0.717) is 12.1 Å². The van der Waals surface area contributed by atoms with E-state index >= 15 is 0 Å². The molecule has 0 saturated carbocycles.